The van der Waals surface area contributed by atoms with Crippen molar-refractivity contribution in [2.45, 2.75) is 104 Å². The van der Waals surface area contributed by atoms with E-state index < -0.39 is 8.07 Å². The summed E-state index contributed by atoms with van der Waals surface area (Å²) in [5, 5.41) is 0. The van der Waals surface area contributed by atoms with Crippen molar-refractivity contribution in [1.82, 2.24) is 4.90 Å². The van der Waals surface area contributed by atoms with Crippen molar-refractivity contribution in [2.24, 2.45) is 0 Å². The van der Waals surface area contributed by atoms with Crippen LogP contribution in [-0.4, -0.2) is 32.0 Å². The van der Waals surface area contributed by atoms with Gasteiger partial charge in [-0.15, -0.1) is 17.1 Å². The Labute approximate surface area is 198 Å². The van der Waals surface area contributed by atoms with Gasteiger partial charge in [0.15, 0.2) is 0 Å². The van der Waals surface area contributed by atoms with Gasteiger partial charge in [0.25, 0.3) is 5.91 Å². The highest BCUT2D eigenvalue weighted by molar-refractivity contribution is 6.90. The van der Waals surface area contributed by atoms with Crippen LogP contribution >= 0.6 is 11.6 Å². The molecule has 0 aliphatic rings. The van der Waals surface area contributed by atoms with Crippen LogP contribution < -0.4 is 0 Å². The van der Waals surface area contributed by atoms with E-state index in [2.05, 4.69) is 66.9 Å². The van der Waals surface area contributed by atoms with Gasteiger partial charge in [-0.3, -0.25) is 4.79 Å². The Morgan fingerprint density at radius 1 is 0.968 bits per heavy atom. The standard InChI is InChI=1S/C27H44ClNOSi/c1-9-11-16-29(17-12-10-2)27(30)26-14-13-24(20-28)19-25(26)15-18-31(21(3)4,22(5)6)23(7)8/h13-14,19,21-23H,9-12,16-17,20H2,1-8H3. The molecule has 1 amide bonds. The lowest BCUT2D eigenvalue weighted by Crippen LogP contribution is -2.43. The highest BCUT2D eigenvalue weighted by atomic mass is 35.5. The first-order valence-corrected chi connectivity index (χ1v) is 14.9. The Morgan fingerprint density at radius 3 is 1.90 bits per heavy atom. The molecule has 0 saturated heterocycles. The molecule has 0 radical (unpaired) electrons. The minimum atomic E-state index is -1.88. The third kappa shape index (κ3) is 7.12. The first-order valence-electron chi connectivity index (χ1n) is 12.2. The highest BCUT2D eigenvalue weighted by Gasteiger charge is 2.41. The van der Waals surface area contributed by atoms with Crippen molar-refractivity contribution in [1.29, 1.82) is 0 Å². The van der Waals surface area contributed by atoms with E-state index in [0.29, 0.717) is 22.5 Å². The van der Waals surface area contributed by atoms with Gasteiger partial charge < -0.3 is 4.90 Å². The van der Waals surface area contributed by atoms with Crippen molar-refractivity contribution >= 4 is 25.6 Å². The molecule has 0 aromatic heterocycles. The lowest BCUT2D eigenvalue weighted by Gasteiger charge is -2.38. The van der Waals surface area contributed by atoms with Crippen LogP contribution in [0.25, 0.3) is 0 Å². The van der Waals surface area contributed by atoms with Crippen LogP contribution in [0.5, 0.6) is 0 Å². The van der Waals surface area contributed by atoms with E-state index in [0.717, 1.165) is 55.5 Å². The van der Waals surface area contributed by atoms with Crippen molar-refractivity contribution < 1.29 is 4.79 Å². The van der Waals surface area contributed by atoms with Crippen molar-refractivity contribution in [3.63, 3.8) is 0 Å². The smallest absolute Gasteiger partial charge is 0.255 e. The number of alkyl halides is 1. The number of nitrogens with zero attached hydrogens (tertiary/aromatic N) is 1. The van der Waals surface area contributed by atoms with Crippen molar-refractivity contribution in [2.75, 3.05) is 13.1 Å². The average Bonchev–Trinajstić information content (AvgIpc) is 2.73. The zero-order valence-electron chi connectivity index (χ0n) is 21.1. The predicted octanol–water partition coefficient (Wildman–Crippen LogP) is 8.04. The second kappa shape index (κ2) is 13.3. The van der Waals surface area contributed by atoms with Gasteiger partial charge in [-0.2, -0.15) is 0 Å². The van der Waals surface area contributed by atoms with Crippen molar-refractivity contribution in [3.8, 4) is 11.5 Å². The number of rotatable bonds is 11. The molecule has 0 aliphatic carbocycles. The van der Waals surface area contributed by atoms with E-state index in [1.54, 1.807) is 0 Å². The predicted molar refractivity (Wildman–Crippen MR) is 140 cm³/mol. The number of hydrogen-bond donors (Lipinski definition) is 0. The Kier molecular flexibility index (Phi) is 12.0. The topological polar surface area (TPSA) is 20.3 Å². The van der Waals surface area contributed by atoms with Gasteiger partial charge in [0.1, 0.15) is 8.07 Å². The van der Waals surface area contributed by atoms with Gasteiger partial charge in [-0.05, 0) is 47.2 Å². The molecule has 0 spiro atoms. The normalized spacial score (nSPS) is 11.7. The van der Waals surface area contributed by atoms with Gasteiger partial charge in [-0.25, -0.2) is 0 Å². The molecule has 0 bridgehead atoms. The molecule has 0 unspecified atom stereocenters. The molecule has 0 heterocycles. The van der Waals surface area contributed by atoms with E-state index in [1.807, 2.05) is 23.1 Å². The molecule has 31 heavy (non-hydrogen) atoms. The van der Waals surface area contributed by atoms with Gasteiger partial charge in [0, 0.05) is 24.5 Å². The third-order valence-corrected chi connectivity index (χ3v) is 13.2. The summed E-state index contributed by atoms with van der Waals surface area (Å²) < 4.78 is 0. The summed E-state index contributed by atoms with van der Waals surface area (Å²) in [5.74, 6) is 4.07. The van der Waals surface area contributed by atoms with Crippen LogP contribution in [0.3, 0.4) is 0 Å². The largest absolute Gasteiger partial charge is 0.339 e. The molecular formula is C27H44ClNOSi. The lowest BCUT2D eigenvalue weighted by molar-refractivity contribution is 0.0751. The second-order valence-electron chi connectivity index (χ2n) is 9.66. The average molecular weight is 462 g/mol. The minimum absolute atomic E-state index is 0.109. The molecule has 0 atom stereocenters. The summed E-state index contributed by atoms with van der Waals surface area (Å²) >= 11 is 6.14. The fraction of sp³-hybridized carbons (Fsp3) is 0.667. The molecule has 4 heteroatoms. The molecule has 1 aromatic rings. The zero-order valence-corrected chi connectivity index (χ0v) is 22.9. The first kappa shape index (κ1) is 27.8. The Balaban J connectivity index is 3.52. The monoisotopic (exact) mass is 461 g/mol. The molecule has 174 valence electrons. The second-order valence-corrected chi connectivity index (χ2v) is 15.5. The number of amides is 1. The lowest BCUT2D eigenvalue weighted by atomic mass is 10.0. The molecule has 0 fully saturated rings. The van der Waals surface area contributed by atoms with Crippen LogP contribution in [-0.2, 0) is 5.88 Å². The number of carbonyl (C=O) groups is 1. The summed E-state index contributed by atoms with van der Waals surface area (Å²) in [6.45, 7) is 19.9. The zero-order chi connectivity index (χ0) is 23.6. The third-order valence-electron chi connectivity index (χ3n) is 6.60. The summed E-state index contributed by atoms with van der Waals surface area (Å²) in [6.07, 6.45) is 4.22. The minimum Gasteiger partial charge on any atom is -0.339 e. The molecule has 0 aliphatic heterocycles. The van der Waals surface area contributed by atoms with Gasteiger partial charge in [0.05, 0.1) is 5.56 Å². The molecule has 1 aromatic carbocycles. The summed E-state index contributed by atoms with van der Waals surface area (Å²) in [4.78, 5) is 15.6. The van der Waals surface area contributed by atoms with E-state index in [4.69, 9.17) is 11.6 Å². The maximum Gasteiger partial charge on any atom is 0.255 e. The van der Waals surface area contributed by atoms with Crippen LogP contribution in [0.1, 0.15) is 103 Å². The number of halogens is 1. The highest BCUT2D eigenvalue weighted by Crippen LogP contribution is 2.40. The molecule has 0 N–H and O–H groups in total. The number of unbranched alkanes of at least 4 members (excludes halogenated alkanes) is 2. The Bertz CT molecular complexity index is 730. The van der Waals surface area contributed by atoms with E-state index in [9.17, 15) is 4.79 Å². The van der Waals surface area contributed by atoms with Crippen LogP contribution in [0, 0.1) is 11.5 Å². The maximum atomic E-state index is 13.5. The van der Waals surface area contributed by atoms with Gasteiger partial charge >= 0.3 is 0 Å². The van der Waals surface area contributed by atoms with Gasteiger partial charge in [-0.1, -0.05) is 80.2 Å². The van der Waals surface area contributed by atoms with Crippen LogP contribution in [0.2, 0.25) is 16.6 Å². The number of benzene rings is 1. The molecule has 1 rings (SSSR count). The SMILES string of the molecule is CCCCN(CCCC)C(=O)c1ccc(CCl)cc1C#C[Si](C(C)C)(C(C)C)C(C)C. The quantitative estimate of drug-likeness (QED) is 0.185. The molecule has 2 nitrogen and oxygen atoms in total. The van der Waals surface area contributed by atoms with Crippen LogP contribution in [0.15, 0.2) is 18.2 Å². The van der Waals surface area contributed by atoms with Crippen molar-refractivity contribution in [3.05, 3.63) is 34.9 Å². The van der Waals surface area contributed by atoms with E-state index >= 15 is 0 Å². The van der Waals surface area contributed by atoms with Gasteiger partial charge in [0.2, 0.25) is 0 Å². The Hall–Kier alpha value is -1.24. The van der Waals surface area contributed by atoms with Crippen LogP contribution in [0.4, 0.5) is 0 Å². The summed E-state index contributed by atoms with van der Waals surface area (Å²) in [5.41, 5.74) is 8.06. The fourth-order valence-corrected chi connectivity index (χ4v) is 10.1. The first-order chi connectivity index (χ1) is 14.6. The summed E-state index contributed by atoms with van der Waals surface area (Å²) in [6, 6.07) is 5.95. The number of carbonyl (C=O) groups excluding carboxylic acids is 1. The van der Waals surface area contributed by atoms with E-state index in [1.165, 1.54) is 0 Å². The molecular weight excluding hydrogens is 418 g/mol. The maximum absolute atomic E-state index is 13.5. The molecule has 0 saturated carbocycles. The fourth-order valence-electron chi connectivity index (χ4n) is 4.76. The number of hydrogen-bond acceptors (Lipinski definition) is 1. The summed E-state index contributed by atoms with van der Waals surface area (Å²) in [7, 11) is -1.88. The van der Waals surface area contributed by atoms with E-state index in [-0.39, 0.29) is 5.91 Å². The Morgan fingerprint density at radius 2 is 1.48 bits per heavy atom.